The predicted molar refractivity (Wildman–Crippen MR) is 166 cm³/mol. The highest BCUT2D eigenvalue weighted by molar-refractivity contribution is 7.01. The van der Waals surface area contributed by atoms with Gasteiger partial charge < -0.3 is 4.42 Å². The third-order valence-corrected chi connectivity index (χ3v) is 12.8. The summed E-state index contributed by atoms with van der Waals surface area (Å²) in [5, 5.41) is 4.85. The highest BCUT2D eigenvalue weighted by atomic mass is 28.3. The van der Waals surface area contributed by atoms with Crippen LogP contribution in [0, 0.1) is 12.7 Å². The largest absolute Gasteiger partial charge is 0.454 e. The van der Waals surface area contributed by atoms with E-state index < -0.39 is 8.07 Å². The Morgan fingerprint density at radius 1 is 0.750 bits per heavy atom. The number of pyridine rings is 1. The van der Waals surface area contributed by atoms with E-state index in [0.29, 0.717) is 11.1 Å². The molecule has 3 heterocycles. The first kappa shape index (κ1) is 25.0. The Balaban J connectivity index is 1.51. The number of aryl methyl sites for hydroxylation is 2. The van der Waals surface area contributed by atoms with Crippen LogP contribution in [0.4, 0.5) is 4.39 Å². The topological polar surface area (TPSA) is 17.0 Å². The molecule has 0 atom stereocenters. The fraction of sp³-hybridized carbons (Fsp3) is 0.194. The molecule has 0 aliphatic carbocycles. The van der Waals surface area contributed by atoms with Crippen molar-refractivity contribution in [2.45, 2.75) is 39.3 Å². The number of nitrogens with zero attached hydrogens (tertiary/aromatic N) is 1. The van der Waals surface area contributed by atoms with Crippen LogP contribution in [0.5, 0.6) is 0 Å². The highest BCUT2D eigenvalue weighted by Crippen LogP contribution is 2.43. The zero-order valence-electron chi connectivity index (χ0n) is 23.9. The molecule has 7 rings (SSSR count). The molecule has 0 unspecified atom stereocenters. The van der Waals surface area contributed by atoms with Gasteiger partial charge in [-0.25, -0.2) is 8.96 Å². The second-order valence-corrected chi connectivity index (χ2v) is 16.6. The van der Waals surface area contributed by atoms with Crippen LogP contribution >= 0.6 is 0 Å². The fourth-order valence-corrected chi connectivity index (χ4v) is 10.4. The van der Waals surface area contributed by atoms with Gasteiger partial charge in [0.25, 0.3) is 0 Å². The molecule has 0 saturated heterocycles. The number of benzene rings is 4. The van der Waals surface area contributed by atoms with Crippen molar-refractivity contribution in [2.24, 2.45) is 7.05 Å². The minimum atomic E-state index is -1.91. The van der Waals surface area contributed by atoms with Gasteiger partial charge in [0, 0.05) is 28.3 Å². The van der Waals surface area contributed by atoms with Gasteiger partial charge in [-0.15, -0.1) is 0 Å². The molecular weight excluding hydrogens is 509 g/mol. The number of furan rings is 1. The molecule has 2 nitrogen and oxygen atoms in total. The Morgan fingerprint density at radius 3 is 2.20 bits per heavy atom. The van der Waals surface area contributed by atoms with Crippen LogP contribution in [0.3, 0.4) is 0 Å². The molecule has 198 valence electrons. The molecular formula is C36H33FNOSi+. The van der Waals surface area contributed by atoms with Gasteiger partial charge in [0.2, 0.25) is 5.69 Å². The quantitative estimate of drug-likeness (QED) is 0.162. The van der Waals surface area contributed by atoms with Gasteiger partial charge in [-0.05, 0) is 47.4 Å². The van der Waals surface area contributed by atoms with E-state index in [1.54, 1.807) is 6.07 Å². The summed E-state index contributed by atoms with van der Waals surface area (Å²) in [6.45, 7) is 11.5. The minimum absolute atomic E-state index is 0.185. The second-order valence-electron chi connectivity index (χ2n) is 12.3. The van der Waals surface area contributed by atoms with Crippen LogP contribution in [0.15, 0.2) is 95.5 Å². The molecule has 0 N–H and O–H groups in total. The first-order chi connectivity index (χ1) is 19.1. The van der Waals surface area contributed by atoms with Gasteiger partial charge in [0.05, 0.1) is 11.1 Å². The number of aromatic nitrogens is 1. The normalized spacial score (nSPS) is 15.3. The highest BCUT2D eigenvalue weighted by Gasteiger charge is 2.42. The van der Waals surface area contributed by atoms with Gasteiger partial charge in [0.1, 0.15) is 32.1 Å². The van der Waals surface area contributed by atoms with E-state index in [1.165, 1.54) is 21.5 Å². The molecule has 1 aliphatic rings. The Morgan fingerprint density at radius 2 is 1.43 bits per heavy atom. The van der Waals surface area contributed by atoms with Crippen molar-refractivity contribution in [1.82, 2.24) is 0 Å². The van der Waals surface area contributed by atoms with Gasteiger partial charge >= 0.3 is 0 Å². The van der Waals surface area contributed by atoms with Crippen molar-refractivity contribution in [1.29, 1.82) is 0 Å². The molecule has 0 amide bonds. The first-order valence-corrected chi connectivity index (χ1v) is 17.0. The maximum atomic E-state index is 15.9. The molecule has 0 radical (unpaired) electrons. The van der Waals surface area contributed by atoms with Gasteiger partial charge in [-0.2, -0.15) is 0 Å². The SMILES string of the molecule is Cc1ccc2c(oc3c(-c4ccc5c(c4)C(C)(C)c4ccccc4[Si]5(C)C)c(F)ccc32)c1-c1cccc[n+]1C. The summed E-state index contributed by atoms with van der Waals surface area (Å²) in [6.07, 6.45) is 2.04. The Hall–Kier alpha value is -4.02. The summed E-state index contributed by atoms with van der Waals surface area (Å²) < 4.78 is 24.7. The number of halogens is 1. The van der Waals surface area contributed by atoms with Gasteiger partial charge in [-0.3, -0.25) is 0 Å². The van der Waals surface area contributed by atoms with E-state index in [9.17, 15) is 0 Å². The van der Waals surface area contributed by atoms with Crippen LogP contribution in [0.25, 0.3) is 44.3 Å². The van der Waals surface area contributed by atoms with Crippen LogP contribution in [0.1, 0.15) is 30.5 Å². The molecule has 0 fully saturated rings. The van der Waals surface area contributed by atoms with E-state index >= 15 is 4.39 Å². The van der Waals surface area contributed by atoms with Crippen molar-refractivity contribution in [3.05, 3.63) is 114 Å². The molecule has 2 aromatic heterocycles. The molecule has 0 bridgehead atoms. The van der Waals surface area contributed by atoms with E-state index in [4.69, 9.17) is 4.42 Å². The van der Waals surface area contributed by atoms with E-state index in [0.717, 1.165) is 38.7 Å². The lowest BCUT2D eigenvalue weighted by molar-refractivity contribution is -0.660. The van der Waals surface area contributed by atoms with Crippen LogP contribution in [-0.4, -0.2) is 8.07 Å². The maximum absolute atomic E-state index is 15.9. The number of rotatable bonds is 2. The maximum Gasteiger partial charge on any atom is 0.216 e. The molecule has 6 aromatic rings. The number of hydrogen-bond donors (Lipinski definition) is 0. The molecule has 4 heteroatoms. The summed E-state index contributed by atoms with van der Waals surface area (Å²) in [6, 6.07) is 29.3. The third kappa shape index (κ3) is 3.35. The van der Waals surface area contributed by atoms with Crippen LogP contribution in [0.2, 0.25) is 13.1 Å². The first-order valence-electron chi connectivity index (χ1n) is 14.0. The van der Waals surface area contributed by atoms with Crippen molar-refractivity contribution < 1.29 is 13.4 Å². The van der Waals surface area contributed by atoms with Crippen LogP contribution in [-0.2, 0) is 12.5 Å². The summed E-state index contributed by atoms with van der Waals surface area (Å²) in [4.78, 5) is 0. The van der Waals surface area contributed by atoms with Gasteiger partial charge in [-0.1, -0.05) is 91.9 Å². The smallest absolute Gasteiger partial charge is 0.216 e. The molecule has 40 heavy (non-hydrogen) atoms. The molecule has 0 spiro atoms. The Bertz CT molecular complexity index is 2000. The van der Waals surface area contributed by atoms with E-state index in [-0.39, 0.29) is 11.2 Å². The van der Waals surface area contributed by atoms with Crippen molar-refractivity contribution in [3.8, 4) is 22.4 Å². The molecule has 0 saturated carbocycles. The Labute approximate surface area is 235 Å². The average molecular weight is 543 g/mol. The summed E-state index contributed by atoms with van der Waals surface area (Å²) in [7, 11) is 0.127. The minimum Gasteiger partial charge on any atom is -0.454 e. The summed E-state index contributed by atoms with van der Waals surface area (Å²) in [5.41, 5.74) is 8.51. The zero-order chi connectivity index (χ0) is 28.0. The number of hydrogen-bond acceptors (Lipinski definition) is 1. The lowest BCUT2D eigenvalue weighted by Crippen LogP contribution is -2.61. The van der Waals surface area contributed by atoms with Crippen molar-refractivity contribution in [3.63, 3.8) is 0 Å². The van der Waals surface area contributed by atoms with Crippen molar-refractivity contribution in [2.75, 3.05) is 0 Å². The zero-order valence-corrected chi connectivity index (χ0v) is 24.9. The average Bonchev–Trinajstić information content (AvgIpc) is 3.31. The summed E-state index contributed by atoms with van der Waals surface area (Å²) in [5.74, 6) is -0.263. The Kier molecular flexibility index (Phi) is 5.30. The predicted octanol–water partition coefficient (Wildman–Crippen LogP) is 7.65. The van der Waals surface area contributed by atoms with Gasteiger partial charge in [0.15, 0.2) is 6.20 Å². The standard InChI is InChI=1S/C36H33FNOSi/c1-22-14-16-24-25-17-18-28(37)33(35(25)39-34(24)32(22)29-12-9-10-20-38(29)4)23-15-19-31-27(21-23)36(2,3)26-11-7-8-13-30(26)40(31,5)6/h7-21H,1-6H3/q+1. The van der Waals surface area contributed by atoms with Crippen LogP contribution < -0.4 is 14.9 Å². The molecule has 4 aromatic carbocycles. The van der Waals surface area contributed by atoms with Crippen molar-refractivity contribution >= 4 is 40.4 Å². The monoisotopic (exact) mass is 542 g/mol. The fourth-order valence-electron chi connectivity index (χ4n) is 6.97. The second kappa shape index (κ2) is 8.49. The third-order valence-electron chi connectivity index (χ3n) is 9.21. The number of fused-ring (bicyclic) bond motifs is 5. The lowest BCUT2D eigenvalue weighted by atomic mass is 9.76. The molecule has 1 aliphatic heterocycles. The lowest BCUT2D eigenvalue weighted by Gasteiger charge is -2.43. The summed E-state index contributed by atoms with van der Waals surface area (Å²) >= 11 is 0. The van der Waals surface area contributed by atoms with E-state index in [2.05, 4.69) is 99.1 Å². The van der Waals surface area contributed by atoms with E-state index in [1.807, 2.05) is 31.4 Å².